The maximum atomic E-state index is 6.24. The minimum atomic E-state index is 0.0568. The van der Waals surface area contributed by atoms with E-state index in [-0.39, 0.29) is 12.1 Å². The first-order valence-electron chi connectivity index (χ1n) is 6.98. The first-order valence-corrected chi connectivity index (χ1v) is 6.98. The van der Waals surface area contributed by atoms with Crippen LogP contribution in [0.4, 0.5) is 0 Å². The highest BCUT2D eigenvalue weighted by Crippen LogP contribution is 2.26. The Balaban J connectivity index is 2.25. The SMILES string of the molecule is Cc1ccccc1C(C(C)N)N(C)Cc1nccn1C. The van der Waals surface area contributed by atoms with Crippen LogP contribution in [0.1, 0.15) is 29.9 Å². The van der Waals surface area contributed by atoms with Gasteiger partial charge in [-0.3, -0.25) is 4.90 Å². The smallest absolute Gasteiger partial charge is 0.122 e. The van der Waals surface area contributed by atoms with Crippen LogP contribution in [0.2, 0.25) is 0 Å². The molecular formula is C16H24N4. The maximum absolute atomic E-state index is 6.24. The van der Waals surface area contributed by atoms with Gasteiger partial charge in [0.2, 0.25) is 0 Å². The van der Waals surface area contributed by atoms with E-state index in [1.807, 2.05) is 24.0 Å². The molecule has 4 nitrogen and oxygen atoms in total. The minimum absolute atomic E-state index is 0.0568. The standard InChI is InChI=1S/C16H24N4/c1-12-7-5-6-8-14(12)16(13(2)17)20(4)11-15-18-9-10-19(15)3/h5-10,13,16H,11,17H2,1-4H3. The van der Waals surface area contributed by atoms with E-state index in [0.29, 0.717) is 0 Å². The van der Waals surface area contributed by atoms with Crippen LogP contribution in [-0.2, 0) is 13.6 Å². The van der Waals surface area contributed by atoms with Gasteiger partial charge >= 0.3 is 0 Å². The Kier molecular flexibility index (Phi) is 4.57. The highest BCUT2D eigenvalue weighted by Gasteiger charge is 2.23. The molecule has 20 heavy (non-hydrogen) atoms. The average molecular weight is 272 g/mol. The number of benzene rings is 1. The van der Waals surface area contributed by atoms with E-state index in [1.54, 1.807) is 0 Å². The zero-order chi connectivity index (χ0) is 14.7. The van der Waals surface area contributed by atoms with Gasteiger partial charge < -0.3 is 10.3 Å². The van der Waals surface area contributed by atoms with E-state index in [4.69, 9.17) is 5.73 Å². The summed E-state index contributed by atoms with van der Waals surface area (Å²) >= 11 is 0. The fourth-order valence-corrected chi connectivity index (χ4v) is 2.71. The first-order chi connectivity index (χ1) is 9.50. The quantitative estimate of drug-likeness (QED) is 0.908. The van der Waals surface area contributed by atoms with E-state index < -0.39 is 0 Å². The second kappa shape index (κ2) is 6.20. The van der Waals surface area contributed by atoms with Crippen molar-refractivity contribution in [1.29, 1.82) is 0 Å². The summed E-state index contributed by atoms with van der Waals surface area (Å²) in [6, 6.07) is 8.69. The molecule has 4 heteroatoms. The highest BCUT2D eigenvalue weighted by molar-refractivity contribution is 5.29. The van der Waals surface area contributed by atoms with Crippen LogP contribution in [0.25, 0.3) is 0 Å². The summed E-state index contributed by atoms with van der Waals surface area (Å²) in [5.74, 6) is 1.05. The van der Waals surface area contributed by atoms with Gasteiger partial charge in [-0.15, -0.1) is 0 Å². The van der Waals surface area contributed by atoms with Crippen LogP contribution in [0.3, 0.4) is 0 Å². The topological polar surface area (TPSA) is 47.1 Å². The normalized spacial score (nSPS) is 14.5. The number of rotatable bonds is 5. The van der Waals surface area contributed by atoms with Crippen molar-refractivity contribution in [2.24, 2.45) is 12.8 Å². The minimum Gasteiger partial charge on any atom is -0.337 e. The lowest BCUT2D eigenvalue weighted by Gasteiger charge is -2.32. The molecule has 2 atom stereocenters. The van der Waals surface area contributed by atoms with Crippen molar-refractivity contribution in [3.8, 4) is 0 Å². The van der Waals surface area contributed by atoms with Gasteiger partial charge in [0.15, 0.2) is 0 Å². The fraction of sp³-hybridized carbons (Fsp3) is 0.438. The van der Waals surface area contributed by atoms with Crippen LogP contribution in [-0.4, -0.2) is 27.5 Å². The Morgan fingerprint density at radius 3 is 2.60 bits per heavy atom. The van der Waals surface area contributed by atoms with Gasteiger partial charge in [-0.25, -0.2) is 4.98 Å². The van der Waals surface area contributed by atoms with E-state index >= 15 is 0 Å². The first kappa shape index (κ1) is 14.8. The predicted molar refractivity (Wildman–Crippen MR) is 82.2 cm³/mol. The predicted octanol–water partition coefficient (Wildman–Crippen LogP) is 2.25. The van der Waals surface area contributed by atoms with Crippen LogP contribution in [0.15, 0.2) is 36.7 Å². The number of imidazole rings is 1. The molecule has 1 aromatic carbocycles. The number of hydrogen-bond acceptors (Lipinski definition) is 3. The summed E-state index contributed by atoms with van der Waals surface area (Å²) < 4.78 is 2.05. The van der Waals surface area contributed by atoms with Gasteiger partial charge in [-0.1, -0.05) is 24.3 Å². The Morgan fingerprint density at radius 1 is 1.35 bits per heavy atom. The van der Waals surface area contributed by atoms with Crippen molar-refractivity contribution in [3.63, 3.8) is 0 Å². The van der Waals surface area contributed by atoms with Gasteiger partial charge in [-0.05, 0) is 32.0 Å². The van der Waals surface area contributed by atoms with Crippen molar-refractivity contribution in [2.45, 2.75) is 32.5 Å². The van der Waals surface area contributed by atoms with Crippen molar-refractivity contribution in [3.05, 3.63) is 53.6 Å². The zero-order valence-electron chi connectivity index (χ0n) is 12.7. The number of aryl methyl sites for hydroxylation is 2. The van der Waals surface area contributed by atoms with Gasteiger partial charge in [-0.2, -0.15) is 0 Å². The molecular weight excluding hydrogens is 248 g/mol. The molecule has 0 amide bonds. The number of hydrogen-bond donors (Lipinski definition) is 1. The number of nitrogens with two attached hydrogens (primary N) is 1. The van der Waals surface area contributed by atoms with Gasteiger partial charge in [0.1, 0.15) is 5.82 Å². The largest absolute Gasteiger partial charge is 0.337 e. The van der Waals surface area contributed by atoms with Crippen molar-refractivity contribution < 1.29 is 0 Å². The lowest BCUT2D eigenvalue weighted by atomic mass is 9.95. The van der Waals surface area contributed by atoms with Gasteiger partial charge in [0.25, 0.3) is 0 Å². The number of likely N-dealkylation sites (N-methyl/N-ethyl adjacent to an activating group) is 1. The fourth-order valence-electron chi connectivity index (χ4n) is 2.71. The maximum Gasteiger partial charge on any atom is 0.122 e. The lowest BCUT2D eigenvalue weighted by Crippen LogP contribution is -2.37. The second-order valence-corrected chi connectivity index (χ2v) is 5.53. The Hall–Kier alpha value is -1.65. The molecule has 2 N–H and O–H groups in total. The van der Waals surface area contributed by atoms with Crippen molar-refractivity contribution in [2.75, 3.05) is 7.05 Å². The second-order valence-electron chi connectivity index (χ2n) is 5.53. The molecule has 0 aliphatic heterocycles. The summed E-state index contributed by atoms with van der Waals surface area (Å²) in [7, 11) is 4.12. The lowest BCUT2D eigenvalue weighted by molar-refractivity contribution is 0.203. The third-order valence-electron chi connectivity index (χ3n) is 3.79. The molecule has 0 radical (unpaired) electrons. The summed E-state index contributed by atoms with van der Waals surface area (Å²) in [4.78, 5) is 6.67. The van der Waals surface area contributed by atoms with Crippen molar-refractivity contribution >= 4 is 0 Å². The van der Waals surface area contributed by atoms with E-state index in [0.717, 1.165) is 12.4 Å². The monoisotopic (exact) mass is 272 g/mol. The Bertz CT molecular complexity index is 559. The average Bonchev–Trinajstić information content (AvgIpc) is 2.77. The molecule has 2 rings (SSSR count). The zero-order valence-corrected chi connectivity index (χ0v) is 12.7. The summed E-state index contributed by atoms with van der Waals surface area (Å²) in [6.07, 6.45) is 3.80. The summed E-state index contributed by atoms with van der Waals surface area (Å²) in [6.45, 7) is 4.98. The van der Waals surface area contributed by atoms with Crippen LogP contribution in [0, 0.1) is 6.92 Å². The molecule has 2 unspecified atom stereocenters. The van der Waals surface area contributed by atoms with E-state index in [1.165, 1.54) is 11.1 Å². The van der Waals surface area contributed by atoms with Crippen LogP contribution >= 0.6 is 0 Å². The molecule has 2 aromatic rings. The molecule has 0 saturated heterocycles. The summed E-state index contributed by atoms with van der Waals surface area (Å²) in [5, 5.41) is 0. The molecule has 0 fully saturated rings. The molecule has 0 bridgehead atoms. The molecule has 0 saturated carbocycles. The van der Waals surface area contributed by atoms with Gasteiger partial charge in [0.05, 0.1) is 12.6 Å². The number of nitrogens with zero attached hydrogens (tertiary/aromatic N) is 3. The molecule has 0 aliphatic carbocycles. The molecule has 0 spiro atoms. The highest BCUT2D eigenvalue weighted by atomic mass is 15.2. The van der Waals surface area contributed by atoms with Crippen molar-refractivity contribution in [1.82, 2.24) is 14.5 Å². The third kappa shape index (κ3) is 3.08. The summed E-state index contributed by atoms with van der Waals surface area (Å²) in [5.41, 5.74) is 8.81. The van der Waals surface area contributed by atoms with Crippen LogP contribution in [0.5, 0.6) is 0 Å². The Labute approximate surface area is 121 Å². The number of aromatic nitrogens is 2. The Morgan fingerprint density at radius 2 is 2.05 bits per heavy atom. The molecule has 0 aliphatic rings. The van der Waals surface area contributed by atoms with E-state index in [2.05, 4.69) is 55.0 Å². The molecule has 108 valence electrons. The molecule has 1 aromatic heterocycles. The van der Waals surface area contributed by atoms with E-state index in [9.17, 15) is 0 Å². The third-order valence-corrected chi connectivity index (χ3v) is 3.79. The van der Waals surface area contributed by atoms with Gasteiger partial charge in [0, 0.05) is 25.5 Å². The van der Waals surface area contributed by atoms with Crippen LogP contribution < -0.4 is 5.73 Å². The molecule has 1 heterocycles.